The Morgan fingerprint density at radius 2 is 1.89 bits per heavy atom. The van der Waals surface area contributed by atoms with Crippen LogP contribution in [0.4, 0.5) is 0 Å². The maximum Gasteiger partial charge on any atom is 0.136 e. The average Bonchev–Trinajstić information content (AvgIpc) is 1.90. The molecule has 0 aromatic carbocycles. The van der Waals surface area contributed by atoms with Crippen molar-refractivity contribution in [1.82, 2.24) is 4.90 Å². The van der Waals surface area contributed by atoms with Gasteiger partial charge in [-0.05, 0) is 20.0 Å². The molecule has 0 fully saturated rings. The van der Waals surface area contributed by atoms with E-state index < -0.39 is 0 Å². The molecule has 2 nitrogen and oxygen atoms in total. The zero-order valence-corrected chi connectivity index (χ0v) is 6.42. The minimum absolute atomic E-state index is 0.0833. The van der Waals surface area contributed by atoms with Crippen molar-refractivity contribution in [2.24, 2.45) is 0 Å². The van der Waals surface area contributed by atoms with Crippen LogP contribution in [0.1, 0.15) is 20.8 Å². The predicted molar refractivity (Wildman–Crippen MR) is 38.4 cm³/mol. The van der Waals surface area contributed by atoms with Gasteiger partial charge in [0.2, 0.25) is 0 Å². The standard InChI is InChI=1S/C7H15NO/c1-4-8(5-2)7(3)6-9/h6-7H,4-5H2,1-3H3/t7-/m0/s1. The van der Waals surface area contributed by atoms with Gasteiger partial charge >= 0.3 is 0 Å². The molecule has 0 heterocycles. The van der Waals surface area contributed by atoms with E-state index in [2.05, 4.69) is 18.7 Å². The summed E-state index contributed by atoms with van der Waals surface area (Å²) >= 11 is 0. The average molecular weight is 129 g/mol. The second kappa shape index (κ2) is 4.50. The van der Waals surface area contributed by atoms with Gasteiger partial charge in [-0.15, -0.1) is 0 Å². The highest BCUT2D eigenvalue weighted by Crippen LogP contribution is 1.92. The van der Waals surface area contributed by atoms with Gasteiger partial charge in [0.05, 0.1) is 6.04 Å². The highest BCUT2D eigenvalue weighted by atomic mass is 16.1. The Bertz CT molecular complexity index is 79.0. The molecule has 0 spiro atoms. The van der Waals surface area contributed by atoms with E-state index in [4.69, 9.17) is 0 Å². The molecule has 0 bridgehead atoms. The molecule has 0 aromatic heterocycles. The highest BCUT2D eigenvalue weighted by molar-refractivity contribution is 5.56. The number of hydrogen-bond acceptors (Lipinski definition) is 2. The van der Waals surface area contributed by atoms with E-state index in [9.17, 15) is 4.79 Å². The van der Waals surface area contributed by atoms with Crippen molar-refractivity contribution in [2.45, 2.75) is 26.8 Å². The maximum atomic E-state index is 10.2. The van der Waals surface area contributed by atoms with Gasteiger partial charge in [-0.25, -0.2) is 0 Å². The van der Waals surface area contributed by atoms with Gasteiger partial charge in [-0.3, -0.25) is 4.90 Å². The van der Waals surface area contributed by atoms with Crippen LogP contribution in [0.25, 0.3) is 0 Å². The van der Waals surface area contributed by atoms with Crippen LogP contribution in [-0.4, -0.2) is 30.3 Å². The van der Waals surface area contributed by atoms with Gasteiger partial charge < -0.3 is 4.79 Å². The molecule has 0 aliphatic rings. The van der Waals surface area contributed by atoms with Crippen LogP contribution in [-0.2, 0) is 4.79 Å². The number of aldehydes is 1. The molecule has 9 heavy (non-hydrogen) atoms. The van der Waals surface area contributed by atoms with E-state index in [0.29, 0.717) is 0 Å². The first-order valence-electron chi connectivity index (χ1n) is 3.45. The van der Waals surface area contributed by atoms with E-state index >= 15 is 0 Å². The molecule has 0 N–H and O–H groups in total. The van der Waals surface area contributed by atoms with E-state index in [1.54, 1.807) is 0 Å². The van der Waals surface area contributed by atoms with Crippen molar-refractivity contribution in [1.29, 1.82) is 0 Å². The molecule has 0 saturated carbocycles. The zero-order valence-electron chi connectivity index (χ0n) is 6.42. The quantitative estimate of drug-likeness (QED) is 0.526. The van der Waals surface area contributed by atoms with Gasteiger partial charge in [-0.1, -0.05) is 13.8 Å². The lowest BCUT2D eigenvalue weighted by Crippen LogP contribution is -2.33. The van der Waals surface area contributed by atoms with Crippen molar-refractivity contribution in [3.63, 3.8) is 0 Å². The molecule has 1 atom stereocenters. The van der Waals surface area contributed by atoms with E-state index in [0.717, 1.165) is 19.4 Å². The molecule has 54 valence electrons. The molecule has 0 aliphatic heterocycles. The molecule has 0 aromatic rings. The zero-order chi connectivity index (χ0) is 7.28. The second-order valence-corrected chi connectivity index (χ2v) is 2.10. The smallest absolute Gasteiger partial charge is 0.136 e. The first kappa shape index (κ1) is 8.63. The van der Waals surface area contributed by atoms with Crippen LogP contribution >= 0.6 is 0 Å². The lowest BCUT2D eigenvalue weighted by Gasteiger charge is -2.20. The van der Waals surface area contributed by atoms with E-state index in [-0.39, 0.29) is 6.04 Å². The van der Waals surface area contributed by atoms with Gasteiger partial charge in [0.25, 0.3) is 0 Å². The fourth-order valence-electron chi connectivity index (χ4n) is 0.886. The largest absolute Gasteiger partial charge is 0.302 e. The molecule has 0 saturated heterocycles. The summed E-state index contributed by atoms with van der Waals surface area (Å²) in [6.45, 7) is 7.94. The Kier molecular flexibility index (Phi) is 4.32. The van der Waals surface area contributed by atoms with Gasteiger partial charge in [0, 0.05) is 0 Å². The number of carbonyl (C=O) groups excluding carboxylic acids is 1. The Balaban J connectivity index is 3.63. The second-order valence-electron chi connectivity index (χ2n) is 2.10. The predicted octanol–water partition coefficient (Wildman–Crippen LogP) is 0.916. The summed E-state index contributed by atoms with van der Waals surface area (Å²) in [5.41, 5.74) is 0. The van der Waals surface area contributed by atoms with Crippen molar-refractivity contribution in [3.05, 3.63) is 0 Å². The first-order chi connectivity index (χ1) is 4.26. The third kappa shape index (κ3) is 2.61. The van der Waals surface area contributed by atoms with Crippen LogP contribution in [0.5, 0.6) is 0 Å². The van der Waals surface area contributed by atoms with Crippen LogP contribution in [0, 0.1) is 0 Å². The number of hydrogen-bond donors (Lipinski definition) is 0. The molecule has 0 unspecified atom stereocenters. The molecule has 2 heteroatoms. The Morgan fingerprint density at radius 3 is 2.00 bits per heavy atom. The Morgan fingerprint density at radius 1 is 1.44 bits per heavy atom. The summed E-state index contributed by atoms with van der Waals surface area (Å²) in [5.74, 6) is 0. The van der Waals surface area contributed by atoms with Crippen molar-refractivity contribution < 1.29 is 4.79 Å². The van der Waals surface area contributed by atoms with Crippen LogP contribution in [0.2, 0.25) is 0 Å². The summed E-state index contributed by atoms with van der Waals surface area (Å²) in [6.07, 6.45) is 0.979. The summed E-state index contributed by atoms with van der Waals surface area (Å²) in [6, 6.07) is 0.0833. The van der Waals surface area contributed by atoms with Crippen LogP contribution < -0.4 is 0 Å². The Labute approximate surface area is 56.9 Å². The molecule has 0 radical (unpaired) electrons. The Hall–Kier alpha value is -0.370. The summed E-state index contributed by atoms with van der Waals surface area (Å²) in [5, 5.41) is 0. The van der Waals surface area contributed by atoms with E-state index in [1.165, 1.54) is 0 Å². The molecule has 0 amide bonds. The normalized spacial score (nSPS) is 13.8. The summed E-state index contributed by atoms with van der Waals surface area (Å²) in [4.78, 5) is 12.3. The van der Waals surface area contributed by atoms with Crippen LogP contribution in [0.15, 0.2) is 0 Å². The summed E-state index contributed by atoms with van der Waals surface area (Å²) < 4.78 is 0. The molecule has 0 rings (SSSR count). The van der Waals surface area contributed by atoms with Crippen molar-refractivity contribution in [2.75, 3.05) is 13.1 Å². The third-order valence-electron chi connectivity index (χ3n) is 1.59. The monoisotopic (exact) mass is 129 g/mol. The minimum Gasteiger partial charge on any atom is -0.302 e. The van der Waals surface area contributed by atoms with Crippen LogP contribution in [0.3, 0.4) is 0 Å². The molecule has 0 aliphatic carbocycles. The molecular weight excluding hydrogens is 114 g/mol. The van der Waals surface area contributed by atoms with E-state index in [1.807, 2.05) is 6.92 Å². The lowest BCUT2D eigenvalue weighted by molar-refractivity contribution is -0.111. The lowest BCUT2D eigenvalue weighted by atomic mass is 10.3. The minimum atomic E-state index is 0.0833. The van der Waals surface area contributed by atoms with Gasteiger partial charge in [0.1, 0.15) is 6.29 Å². The number of carbonyl (C=O) groups is 1. The maximum absolute atomic E-state index is 10.2. The number of rotatable bonds is 4. The molecular formula is C7H15NO. The van der Waals surface area contributed by atoms with Gasteiger partial charge in [-0.2, -0.15) is 0 Å². The number of likely N-dealkylation sites (N-methyl/N-ethyl adjacent to an activating group) is 1. The number of nitrogens with zero attached hydrogens (tertiary/aromatic N) is 1. The summed E-state index contributed by atoms with van der Waals surface area (Å²) in [7, 11) is 0. The SMILES string of the molecule is CCN(CC)[C@@H](C)C=O. The fourth-order valence-corrected chi connectivity index (χ4v) is 0.886. The highest BCUT2D eigenvalue weighted by Gasteiger charge is 2.06. The van der Waals surface area contributed by atoms with Crippen molar-refractivity contribution >= 4 is 6.29 Å². The third-order valence-corrected chi connectivity index (χ3v) is 1.59. The topological polar surface area (TPSA) is 20.3 Å². The van der Waals surface area contributed by atoms with Gasteiger partial charge in [0.15, 0.2) is 0 Å². The fraction of sp³-hybridized carbons (Fsp3) is 0.857. The van der Waals surface area contributed by atoms with Crippen molar-refractivity contribution in [3.8, 4) is 0 Å². The first-order valence-corrected chi connectivity index (χ1v) is 3.45.